The first kappa shape index (κ1) is 18.7. The van der Waals surface area contributed by atoms with Crippen molar-refractivity contribution in [2.24, 2.45) is 0 Å². The average molecular weight is 350 g/mol. The van der Waals surface area contributed by atoms with E-state index in [1.54, 1.807) is 40.0 Å². The summed E-state index contributed by atoms with van der Waals surface area (Å²) in [6.07, 6.45) is 0. The van der Waals surface area contributed by atoms with Gasteiger partial charge in [-0.3, -0.25) is 9.36 Å². The second kappa shape index (κ2) is 6.33. The monoisotopic (exact) mass is 350 g/mol. The number of para-hydroxylation sites is 1. The highest BCUT2D eigenvalue weighted by atomic mass is 31.2. The van der Waals surface area contributed by atoms with E-state index in [1.807, 2.05) is 12.1 Å². The van der Waals surface area contributed by atoms with E-state index >= 15 is 0 Å². The lowest BCUT2D eigenvalue weighted by Crippen LogP contribution is -2.53. The zero-order valence-electron chi connectivity index (χ0n) is 14.7. The summed E-state index contributed by atoms with van der Waals surface area (Å²) in [7, 11) is -2.23. The molecular formula is C17H23N2O4P. The van der Waals surface area contributed by atoms with Gasteiger partial charge in [0.05, 0.1) is 19.3 Å². The Morgan fingerprint density at radius 2 is 1.83 bits per heavy atom. The third-order valence-electron chi connectivity index (χ3n) is 4.87. The van der Waals surface area contributed by atoms with E-state index in [0.717, 1.165) is 0 Å². The van der Waals surface area contributed by atoms with Crippen molar-refractivity contribution >= 4 is 19.2 Å². The molecule has 2 rings (SSSR count). The number of nitriles is 1. The van der Waals surface area contributed by atoms with E-state index in [2.05, 4.69) is 6.07 Å². The van der Waals surface area contributed by atoms with Crippen molar-refractivity contribution in [3.8, 4) is 6.07 Å². The molecule has 0 saturated carbocycles. The topological polar surface area (TPSA) is 79.6 Å². The molecule has 1 aromatic carbocycles. The van der Waals surface area contributed by atoms with Crippen LogP contribution < -0.4 is 4.90 Å². The van der Waals surface area contributed by atoms with Crippen LogP contribution in [0.1, 0.15) is 33.3 Å². The van der Waals surface area contributed by atoms with E-state index in [0.29, 0.717) is 11.3 Å². The summed E-state index contributed by atoms with van der Waals surface area (Å²) < 4.78 is 24.4. The Morgan fingerprint density at radius 3 is 2.33 bits per heavy atom. The van der Waals surface area contributed by atoms with Gasteiger partial charge in [0.15, 0.2) is 5.16 Å². The molecule has 0 bridgehead atoms. The number of benzene rings is 1. The van der Waals surface area contributed by atoms with Crippen LogP contribution in [0, 0.1) is 11.3 Å². The number of anilines is 1. The Morgan fingerprint density at radius 1 is 1.29 bits per heavy atom. The molecule has 7 heteroatoms. The molecule has 1 amide bonds. The zero-order chi connectivity index (χ0) is 18.2. The van der Waals surface area contributed by atoms with Gasteiger partial charge in [0.2, 0.25) is 5.91 Å². The van der Waals surface area contributed by atoms with Crippen molar-refractivity contribution < 1.29 is 18.4 Å². The number of amides is 1. The van der Waals surface area contributed by atoms with Crippen LogP contribution in [0.25, 0.3) is 0 Å². The van der Waals surface area contributed by atoms with Gasteiger partial charge in [-0.1, -0.05) is 18.2 Å². The SMILES string of the molecule is CCOP(=O)(OCC)C(C)(C#N)C1(C)C(=O)N(C)c2ccccc21. The summed E-state index contributed by atoms with van der Waals surface area (Å²) in [6.45, 7) is 6.75. The molecule has 2 atom stereocenters. The van der Waals surface area contributed by atoms with Gasteiger partial charge in [-0.05, 0) is 39.3 Å². The highest BCUT2D eigenvalue weighted by Crippen LogP contribution is 2.68. The summed E-state index contributed by atoms with van der Waals surface area (Å²) >= 11 is 0. The van der Waals surface area contributed by atoms with Gasteiger partial charge in [0.25, 0.3) is 0 Å². The minimum absolute atomic E-state index is 0.121. The largest absolute Gasteiger partial charge is 0.351 e. The summed E-state index contributed by atoms with van der Waals surface area (Å²) in [5, 5.41) is 8.31. The molecule has 1 aliphatic rings. The first-order valence-corrected chi connectivity index (χ1v) is 9.46. The third kappa shape index (κ3) is 2.23. The van der Waals surface area contributed by atoms with Gasteiger partial charge in [0.1, 0.15) is 5.41 Å². The Labute approximate surface area is 142 Å². The molecule has 1 aromatic rings. The number of likely N-dealkylation sites (N-methyl/N-ethyl adjacent to an activating group) is 1. The number of hydrogen-bond acceptors (Lipinski definition) is 5. The lowest BCUT2D eigenvalue weighted by atomic mass is 9.73. The molecule has 0 saturated heterocycles. The van der Waals surface area contributed by atoms with Crippen molar-refractivity contribution in [2.75, 3.05) is 25.2 Å². The van der Waals surface area contributed by atoms with Gasteiger partial charge in [-0.2, -0.15) is 5.26 Å². The number of carbonyl (C=O) groups is 1. The molecule has 130 valence electrons. The van der Waals surface area contributed by atoms with Gasteiger partial charge in [-0.25, -0.2) is 0 Å². The molecular weight excluding hydrogens is 327 g/mol. The Hall–Kier alpha value is -1.67. The van der Waals surface area contributed by atoms with Crippen molar-refractivity contribution in [3.63, 3.8) is 0 Å². The maximum absolute atomic E-state index is 13.5. The summed E-state index contributed by atoms with van der Waals surface area (Å²) in [4.78, 5) is 14.6. The molecule has 0 fully saturated rings. The molecule has 0 aromatic heterocycles. The number of carbonyl (C=O) groups excluding carboxylic acids is 1. The van der Waals surface area contributed by atoms with Crippen LogP contribution in [-0.4, -0.2) is 31.3 Å². The van der Waals surface area contributed by atoms with Crippen LogP contribution in [0.3, 0.4) is 0 Å². The van der Waals surface area contributed by atoms with Crippen LogP contribution in [0.2, 0.25) is 0 Å². The van der Waals surface area contributed by atoms with Crippen LogP contribution in [0.15, 0.2) is 24.3 Å². The van der Waals surface area contributed by atoms with E-state index < -0.39 is 18.2 Å². The second-order valence-electron chi connectivity index (χ2n) is 6.02. The highest BCUT2D eigenvalue weighted by molar-refractivity contribution is 7.56. The minimum atomic E-state index is -3.88. The van der Waals surface area contributed by atoms with Crippen molar-refractivity contribution in [1.29, 1.82) is 5.26 Å². The number of fused-ring (bicyclic) bond motifs is 1. The first-order valence-electron chi connectivity index (χ1n) is 7.91. The predicted molar refractivity (Wildman–Crippen MR) is 92.1 cm³/mol. The lowest BCUT2D eigenvalue weighted by molar-refractivity contribution is -0.123. The molecule has 1 aliphatic heterocycles. The highest BCUT2D eigenvalue weighted by Gasteiger charge is 2.67. The number of nitrogens with zero attached hydrogens (tertiary/aromatic N) is 2. The van der Waals surface area contributed by atoms with Crippen molar-refractivity contribution in [2.45, 2.75) is 38.3 Å². The van der Waals surface area contributed by atoms with Crippen molar-refractivity contribution in [1.82, 2.24) is 0 Å². The maximum Gasteiger partial charge on any atom is 0.351 e. The molecule has 1 heterocycles. The standard InChI is InChI=1S/C17H23N2O4P/c1-6-22-24(21,23-7-2)16(3,12-18)17(4)13-10-8-9-11-14(13)19(5)15(17)20/h8-11H,6-7H2,1-5H3. The lowest BCUT2D eigenvalue weighted by Gasteiger charge is -2.41. The maximum atomic E-state index is 13.5. The Balaban J connectivity index is 2.76. The summed E-state index contributed by atoms with van der Waals surface area (Å²) in [5.41, 5.74) is 0.0136. The van der Waals surface area contributed by atoms with Gasteiger partial charge in [0, 0.05) is 12.7 Å². The number of rotatable bonds is 6. The molecule has 0 radical (unpaired) electrons. The fourth-order valence-corrected chi connectivity index (χ4v) is 5.46. The van der Waals surface area contributed by atoms with Crippen LogP contribution in [-0.2, 0) is 23.8 Å². The minimum Gasteiger partial charge on any atom is -0.314 e. The van der Waals surface area contributed by atoms with E-state index in [-0.39, 0.29) is 19.1 Å². The molecule has 2 unspecified atom stereocenters. The number of hydrogen-bond donors (Lipinski definition) is 0. The molecule has 0 spiro atoms. The Bertz CT molecular complexity index is 734. The van der Waals surface area contributed by atoms with E-state index in [1.165, 1.54) is 11.8 Å². The molecule has 6 nitrogen and oxygen atoms in total. The first-order chi connectivity index (χ1) is 11.2. The third-order valence-corrected chi connectivity index (χ3v) is 7.71. The molecule has 24 heavy (non-hydrogen) atoms. The van der Waals surface area contributed by atoms with Gasteiger partial charge >= 0.3 is 7.60 Å². The normalized spacial score (nSPS) is 22.8. The fraction of sp³-hybridized carbons (Fsp3) is 0.529. The fourth-order valence-electron chi connectivity index (χ4n) is 3.30. The predicted octanol–water partition coefficient (Wildman–Crippen LogP) is 3.47. The van der Waals surface area contributed by atoms with Crippen molar-refractivity contribution in [3.05, 3.63) is 29.8 Å². The van der Waals surface area contributed by atoms with Gasteiger partial charge in [-0.15, -0.1) is 0 Å². The molecule has 0 aliphatic carbocycles. The van der Waals surface area contributed by atoms with E-state index in [9.17, 15) is 14.6 Å². The molecule has 0 N–H and O–H groups in total. The van der Waals surface area contributed by atoms with Gasteiger partial charge < -0.3 is 13.9 Å². The smallest absolute Gasteiger partial charge is 0.314 e. The second-order valence-corrected chi connectivity index (χ2v) is 8.43. The van der Waals surface area contributed by atoms with Crippen LogP contribution in [0.4, 0.5) is 5.69 Å². The quantitative estimate of drug-likeness (QED) is 0.734. The zero-order valence-corrected chi connectivity index (χ0v) is 15.6. The summed E-state index contributed by atoms with van der Waals surface area (Å²) in [5.74, 6) is -0.299. The van der Waals surface area contributed by atoms with Crippen LogP contribution >= 0.6 is 7.60 Å². The average Bonchev–Trinajstić information content (AvgIpc) is 2.77. The van der Waals surface area contributed by atoms with E-state index in [4.69, 9.17) is 9.05 Å². The summed E-state index contributed by atoms with van der Waals surface area (Å²) in [6, 6.07) is 9.32. The van der Waals surface area contributed by atoms with Crippen LogP contribution in [0.5, 0.6) is 0 Å². The Kier molecular flexibility index (Phi) is 4.92.